The van der Waals surface area contributed by atoms with E-state index in [4.69, 9.17) is 9.97 Å². The third-order valence-corrected chi connectivity index (χ3v) is 9.21. The molecule has 3 heteroatoms. The topological polar surface area (TPSA) is 30.7 Å². The number of rotatable bonds is 2. The predicted octanol–water partition coefficient (Wildman–Crippen LogP) is 10.6. The second-order valence-corrected chi connectivity index (χ2v) is 11.6. The van der Waals surface area contributed by atoms with Gasteiger partial charge in [-0.1, -0.05) is 97.1 Å². The number of para-hydroxylation sites is 2. The van der Waals surface area contributed by atoms with Gasteiger partial charge in [-0.05, 0) is 64.7 Å². The van der Waals surface area contributed by atoms with Gasteiger partial charge in [-0.3, -0.25) is 9.55 Å². The molecule has 0 saturated carbocycles. The van der Waals surface area contributed by atoms with Crippen LogP contribution in [-0.2, 0) is 0 Å². The van der Waals surface area contributed by atoms with Crippen molar-refractivity contribution in [1.29, 1.82) is 0 Å². The number of nitrogens with zero attached hydrogens (tertiary/aromatic N) is 3. The maximum absolute atomic E-state index is 5.18. The Kier molecular flexibility index (Phi) is 4.92. The van der Waals surface area contributed by atoms with Crippen molar-refractivity contribution in [2.45, 2.75) is 0 Å². The van der Waals surface area contributed by atoms with Crippen LogP contribution in [0.15, 0.2) is 140 Å². The van der Waals surface area contributed by atoms with Gasteiger partial charge in [0.1, 0.15) is 5.82 Å². The SMILES string of the molecule is c1ccc2c(c#1)c1cc(-c3cc4ccccc4cn3)c3ccccc3c1c1c3ccccc3n(-c3ccc4ccccc4n3)c21. The van der Waals surface area contributed by atoms with Crippen LogP contribution in [0.5, 0.6) is 0 Å². The Labute approximate surface area is 258 Å². The van der Waals surface area contributed by atoms with Gasteiger partial charge in [-0.15, -0.1) is 0 Å². The lowest BCUT2D eigenvalue weighted by Crippen LogP contribution is -1.98. The molecule has 0 amide bonds. The molecule has 45 heavy (non-hydrogen) atoms. The lowest BCUT2D eigenvalue weighted by Gasteiger charge is -2.15. The molecule has 0 atom stereocenters. The molecule has 0 aliphatic heterocycles. The highest BCUT2D eigenvalue weighted by molar-refractivity contribution is 6.37. The zero-order valence-corrected chi connectivity index (χ0v) is 24.1. The van der Waals surface area contributed by atoms with E-state index in [1.807, 2.05) is 18.3 Å². The molecule has 0 spiro atoms. The highest BCUT2D eigenvalue weighted by Crippen LogP contribution is 2.46. The summed E-state index contributed by atoms with van der Waals surface area (Å²) < 4.78 is 2.33. The van der Waals surface area contributed by atoms with Crippen LogP contribution in [0.25, 0.3) is 92.9 Å². The van der Waals surface area contributed by atoms with E-state index >= 15 is 0 Å². The second-order valence-electron chi connectivity index (χ2n) is 11.6. The summed E-state index contributed by atoms with van der Waals surface area (Å²) in [7, 11) is 0. The van der Waals surface area contributed by atoms with Gasteiger partial charge >= 0.3 is 0 Å². The van der Waals surface area contributed by atoms with Crippen LogP contribution in [0.3, 0.4) is 0 Å². The van der Waals surface area contributed by atoms with Crippen LogP contribution in [-0.4, -0.2) is 14.5 Å². The molecule has 10 aromatic rings. The number of pyridine rings is 2. The first-order valence-corrected chi connectivity index (χ1v) is 15.2. The summed E-state index contributed by atoms with van der Waals surface area (Å²) in [4.78, 5) is 10.1. The molecule has 0 aliphatic rings. The number of benzene rings is 6. The summed E-state index contributed by atoms with van der Waals surface area (Å²) in [5.74, 6) is 0.898. The van der Waals surface area contributed by atoms with Crippen molar-refractivity contribution in [1.82, 2.24) is 14.5 Å². The number of hydrogen-bond donors (Lipinski definition) is 0. The van der Waals surface area contributed by atoms with E-state index in [-0.39, 0.29) is 0 Å². The van der Waals surface area contributed by atoms with Crippen LogP contribution in [0, 0.1) is 12.1 Å². The first-order chi connectivity index (χ1) is 22.3. The predicted molar refractivity (Wildman–Crippen MR) is 187 cm³/mol. The third-order valence-electron chi connectivity index (χ3n) is 9.21. The quantitative estimate of drug-likeness (QED) is 0.194. The maximum atomic E-state index is 5.18. The highest BCUT2D eigenvalue weighted by Gasteiger charge is 2.22. The molecule has 3 nitrogen and oxygen atoms in total. The van der Waals surface area contributed by atoms with Crippen molar-refractivity contribution in [3.05, 3.63) is 152 Å². The molecule has 0 bridgehead atoms. The smallest absolute Gasteiger partial charge is 0.138 e. The Morgan fingerprint density at radius 1 is 0.556 bits per heavy atom. The fraction of sp³-hybridized carbons (Fsp3) is 0. The summed E-state index contributed by atoms with van der Waals surface area (Å²) in [6, 6.07) is 53.9. The monoisotopic (exact) mass is 569 g/mol. The molecular weight excluding hydrogens is 546 g/mol. The van der Waals surface area contributed by atoms with Gasteiger partial charge in [0.2, 0.25) is 0 Å². The molecular formula is C42H23N3. The first kappa shape index (κ1) is 24.2. The Hall–Kier alpha value is -6.24. The molecule has 0 unspecified atom stereocenters. The second kappa shape index (κ2) is 9.13. The average Bonchev–Trinajstić information content (AvgIpc) is 3.46. The molecule has 10 rings (SSSR count). The molecule has 7 aromatic carbocycles. The van der Waals surface area contributed by atoms with Gasteiger partial charge in [0.25, 0.3) is 0 Å². The zero-order valence-electron chi connectivity index (χ0n) is 24.1. The standard InChI is InChI=1S/C42H23N3/c1-2-13-28-25-43-37(23-27(28)12-1)34-24-35-30-15-5-7-17-32(30)42-41(40(35)31-16-6-4-14-29(31)34)33-18-8-10-20-38(33)45(42)39-22-21-26-11-3-9-19-36(26)44-39/h1-4,6-14,16-25H. The van der Waals surface area contributed by atoms with Crippen molar-refractivity contribution >= 4 is 75.8 Å². The largest absolute Gasteiger partial charge is 0.293 e. The van der Waals surface area contributed by atoms with Crippen molar-refractivity contribution in [3.63, 3.8) is 0 Å². The van der Waals surface area contributed by atoms with E-state index in [1.54, 1.807) is 0 Å². The van der Waals surface area contributed by atoms with Gasteiger partial charge < -0.3 is 0 Å². The summed E-state index contributed by atoms with van der Waals surface area (Å²) in [5, 5.41) is 12.7. The summed E-state index contributed by atoms with van der Waals surface area (Å²) in [5.41, 5.74) is 5.31. The minimum absolute atomic E-state index is 0.898. The maximum Gasteiger partial charge on any atom is 0.138 e. The van der Waals surface area contributed by atoms with Crippen LogP contribution in [0.1, 0.15) is 0 Å². The van der Waals surface area contributed by atoms with Crippen LogP contribution in [0.4, 0.5) is 0 Å². The molecule has 206 valence electrons. The summed E-state index contributed by atoms with van der Waals surface area (Å²) >= 11 is 0. The van der Waals surface area contributed by atoms with Gasteiger partial charge in [0, 0.05) is 54.9 Å². The first-order valence-electron chi connectivity index (χ1n) is 15.2. The van der Waals surface area contributed by atoms with Crippen LogP contribution < -0.4 is 0 Å². The zero-order chi connectivity index (χ0) is 29.5. The van der Waals surface area contributed by atoms with Crippen molar-refractivity contribution < 1.29 is 0 Å². The third kappa shape index (κ3) is 3.42. The Morgan fingerprint density at radius 2 is 1.31 bits per heavy atom. The van der Waals surface area contributed by atoms with Gasteiger partial charge in [0.05, 0.1) is 22.2 Å². The van der Waals surface area contributed by atoms with Crippen molar-refractivity contribution in [2.24, 2.45) is 0 Å². The summed E-state index contributed by atoms with van der Waals surface area (Å²) in [6.07, 6.45) is 1.98. The normalized spacial score (nSPS) is 11.8. The van der Waals surface area contributed by atoms with E-state index in [0.717, 1.165) is 60.6 Å². The lowest BCUT2D eigenvalue weighted by atomic mass is 9.89. The van der Waals surface area contributed by atoms with Crippen molar-refractivity contribution in [2.75, 3.05) is 0 Å². The molecule has 0 radical (unpaired) electrons. The minimum Gasteiger partial charge on any atom is -0.293 e. The minimum atomic E-state index is 0.898. The van der Waals surface area contributed by atoms with E-state index in [9.17, 15) is 0 Å². The van der Waals surface area contributed by atoms with Gasteiger partial charge in [-0.2, -0.15) is 0 Å². The van der Waals surface area contributed by atoms with E-state index in [2.05, 4.69) is 138 Å². The number of aromatic nitrogens is 3. The number of hydrogen-bond acceptors (Lipinski definition) is 2. The van der Waals surface area contributed by atoms with Crippen LogP contribution in [0.2, 0.25) is 0 Å². The number of fused-ring (bicyclic) bond motifs is 12. The summed E-state index contributed by atoms with van der Waals surface area (Å²) in [6.45, 7) is 0. The molecule has 3 heterocycles. The molecule has 0 aliphatic carbocycles. The molecule has 0 saturated heterocycles. The van der Waals surface area contributed by atoms with E-state index in [0.29, 0.717) is 0 Å². The lowest BCUT2D eigenvalue weighted by molar-refractivity contribution is 1.11. The molecule has 0 N–H and O–H groups in total. The fourth-order valence-corrected chi connectivity index (χ4v) is 7.25. The van der Waals surface area contributed by atoms with Crippen molar-refractivity contribution in [3.8, 4) is 17.1 Å². The van der Waals surface area contributed by atoms with E-state index < -0.39 is 0 Å². The Bertz CT molecular complexity index is 2820. The van der Waals surface area contributed by atoms with Gasteiger partial charge in [0.15, 0.2) is 0 Å². The average molecular weight is 570 g/mol. The molecule has 3 aromatic heterocycles. The Morgan fingerprint density at radius 3 is 2.22 bits per heavy atom. The van der Waals surface area contributed by atoms with Gasteiger partial charge in [-0.25, -0.2) is 4.98 Å². The van der Waals surface area contributed by atoms with Crippen LogP contribution >= 0.6 is 0 Å². The highest BCUT2D eigenvalue weighted by atomic mass is 15.1. The molecule has 0 fully saturated rings. The van der Waals surface area contributed by atoms with E-state index in [1.165, 1.54) is 32.3 Å². The fourth-order valence-electron chi connectivity index (χ4n) is 7.25. The Balaban J connectivity index is 1.42.